The van der Waals surface area contributed by atoms with Crippen LogP contribution < -0.4 is 4.90 Å². The third kappa shape index (κ3) is 4.81. The van der Waals surface area contributed by atoms with E-state index in [0.29, 0.717) is 36.0 Å². The zero-order chi connectivity index (χ0) is 20.9. The van der Waals surface area contributed by atoms with Gasteiger partial charge in [0.2, 0.25) is 0 Å². The van der Waals surface area contributed by atoms with Crippen LogP contribution in [0.3, 0.4) is 0 Å². The van der Waals surface area contributed by atoms with Crippen LogP contribution in [0.2, 0.25) is 0 Å². The van der Waals surface area contributed by atoms with Crippen molar-refractivity contribution in [2.75, 3.05) is 31.1 Å². The molecule has 4 rings (SSSR count). The highest BCUT2D eigenvalue weighted by molar-refractivity contribution is 7.98. The number of anilines is 1. The zero-order valence-corrected chi connectivity index (χ0v) is 17.6. The third-order valence-corrected chi connectivity index (χ3v) is 6.05. The molecule has 0 N–H and O–H groups in total. The first-order valence-corrected chi connectivity index (χ1v) is 10.9. The number of aryl methyl sites for hydroxylation is 1. The van der Waals surface area contributed by atoms with E-state index in [1.54, 1.807) is 24.4 Å². The summed E-state index contributed by atoms with van der Waals surface area (Å²) in [7, 11) is 0. The second-order valence-corrected chi connectivity index (χ2v) is 8.15. The highest BCUT2D eigenvalue weighted by Gasteiger charge is 2.23. The number of carbonyl (C=O) groups is 1. The molecule has 30 heavy (non-hydrogen) atoms. The Kier molecular flexibility index (Phi) is 6.32. The Morgan fingerprint density at radius 2 is 2.00 bits per heavy atom. The fourth-order valence-corrected chi connectivity index (χ4v) is 4.36. The molecule has 156 valence electrons. The molecule has 8 heteroatoms. The molecule has 0 bridgehead atoms. The minimum Gasteiger partial charge on any atom is -0.370 e. The van der Waals surface area contributed by atoms with Crippen molar-refractivity contribution < 1.29 is 13.7 Å². The van der Waals surface area contributed by atoms with Gasteiger partial charge in [-0.1, -0.05) is 16.9 Å². The van der Waals surface area contributed by atoms with Gasteiger partial charge in [-0.2, -0.15) is 0 Å². The number of halogens is 1. The molecule has 0 unspecified atom stereocenters. The van der Waals surface area contributed by atoms with Crippen molar-refractivity contribution in [2.24, 2.45) is 0 Å². The summed E-state index contributed by atoms with van der Waals surface area (Å²) in [4.78, 5) is 21.7. The van der Waals surface area contributed by atoms with Crippen molar-refractivity contribution in [3.63, 3.8) is 0 Å². The van der Waals surface area contributed by atoms with Gasteiger partial charge < -0.3 is 14.3 Å². The molecule has 0 atom stereocenters. The van der Waals surface area contributed by atoms with E-state index < -0.39 is 0 Å². The Labute approximate surface area is 179 Å². The number of carbonyl (C=O) groups excluding carboxylic acids is 1. The maximum Gasteiger partial charge on any atom is 0.256 e. The molecule has 1 saturated heterocycles. The van der Waals surface area contributed by atoms with E-state index in [-0.39, 0.29) is 11.7 Å². The lowest BCUT2D eigenvalue weighted by molar-refractivity contribution is 0.0762. The van der Waals surface area contributed by atoms with Crippen LogP contribution in [0.5, 0.6) is 0 Å². The highest BCUT2D eigenvalue weighted by Crippen LogP contribution is 2.26. The van der Waals surface area contributed by atoms with Crippen LogP contribution in [0, 0.1) is 12.7 Å². The van der Waals surface area contributed by atoms with Crippen molar-refractivity contribution in [1.29, 1.82) is 0 Å². The summed E-state index contributed by atoms with van der Waals surface area (Å²) in [5, 5.41) is 4.70. The zero-order valence-electron chi connectivity index (χ0n) is 16.8. The van der Waals surface area contributed by atoms with Crippen molar-refractivity contribution in [3.05, 3.63) is 71.5 Å². The fourth-order valence-electron chi connectivity index (χ4n) is 3.50. The highest BCUT2D eigenvalue weighted by atomic mass is 32.2. The van der Waals surface area contributed by atoms with E-state index in [1.807, 2.05) is 24.0 Å². The molecule has 3 heterocycles. The number of hydrogen-bond acceptors (Lipinski definition) is 6. The van der Waals surface area contributed by atoms with Crippen LogP contribution in [0.1, 0.15) is 28.2 Å². The van der Waals surface area contributed by atoms with Crippen LogP contribution in [0.15, 0.2) is 58.2 Å². The van der Waals surface area contributed by atoms with Gasteiger partial charge in [-0.05, 0) is 49.7 Å². The molecule has 0 radical (unpaired) electrons. The van der Waals surface area contributed by atoms with Gasteiger partial charge in [-0.25, -0.2) is 9.37 Å². The first-order chi connectivity index (χ1) is 14.6. The van der Waals surface area contributed by atoms with Gasteiger partial charge in [-0.15, -0.1) is 0 Å². The molecule has 0 aliphatic carbocycles. The Balaban J connectivity index is 1.43. The SMILES string of the molecule is Cc1cc(CSc2ncccc2C(=O)N2CCCN(c3ccc(F)cc3)CC2)no1. The Morgan fingerprint density at radius 1 is 1.17 bits per heavy atom. The molecule has 0 spiro atoms. The predicted octanol–water partition coefficient (Wildman–Crippen LogP) is 4.16. The summed E-state index contributed by atoms with van der Waals surface area (Å²) in [6, 6.07) is 12.0. The first kappa shape index (κ1) is 20.4. The molecular weight excluding hydrogens is 403 g/mol. The van der Waals surface area contributed by atoms with Crippen molar-refractivity contribution in [1.82, 2.24) is 15.0 Å². The number of nitrogens with zero attached hydrogens (tertiary/aromatic N) is 4. The van der Waals surface area contributed by atoms with Crippen LogP contribution in [0.25, 0.3) is 0 Å². The maximum absolute atomic E-state index is 13.2. The lowest BCUT2D eigenvalue weighted by Crippen LogP contribution is -2.35. The summed E-state index contributed by atoms with van der Waals surface area (Å²) in [6.45, 7) is 4.68. The van der Waals surface area contributed by atoms with Crippen LogP contribution >= 0.6 is 11.8 Å². The number of thioether (sulfide) groups is 1. The van der Waals surface area contributed by atoms with E-state index >= 15 is 0 Å². The second-order valence-electron chi connectivity index (χ2n) is 7.18. The van der Waals surface area contributed by atoms with Gasteiger partial charge >= 0.3 is 0 Å². The standard InChI is InChI=1S/C22H23FN4O2S/c1-16-14-18(25-29-16)15-30-21-20(4-2-9-24-21)22(28)27-11-3-10-26(12-13-27)19-7-5-17(23)6-8-19/h2,4-9,14H,3,10-13,15H2,1H3. The molecule has 3 aromatic rings. The molecule has 6 nitrogen and oxygen atoms in total. The second kappa shape index (κ2) is 9.30. The van der Waals surface area contributed by atoms with Gasteiger partial charge in [0, 0.05) is 49.9 Å². The number of pyridine rings is 1. The summed E-state index contributed by atoms with van der Waals surface area (Å²) in [5.41, 5.74) is 2.41. The van der Waals surface area contributed by atoms with Crippen molar-refractivity contribution in [2.45, 2.75) is 24.1 Å². The number of hydrogen-bond donors (Lipinski definition) is 0. The van der Waals surface area contributed by atoms with Crippen LogP contribution in [-0.2, 0) is 5.75 Å². The van der Waals surface area contributed by atoms with Crippen molar-refractivity contribution in [3.8, 4) is 0 Å². The van der Waals surface area contributed by atoms with Gasteiger partial charge in [0.25, 0.3) is 5.91 Å². The van der Waals surface area contributed by atoms with E-state index in [1.165, 1.54) is 23.9 Å². The largest absolute Gasteiger partial charge is 0.370 e. The van der Waals surface area contributed by atoms with Gasteiger partial charge in [-0.3, -0.25) is 4.79 Å². The smallest absolute Gasteiger partial charge is 0.256 e. The fraction of sp³-hybridized carbons (Fsp3) is 0.318. The topological polar surface area (TPSA) is 62.5 Å². The van der Waals surface area contributed by atoms with E-state index in [9.17, 15) is 9.18 Å². The summed E-state index contributed by atoms with van der Waals surface area (Å²) in [5.74, 6) is 1.10. The summed E-state index contributed by atoms with van der Waals surface area (Å²) < 4.78 is 18.3. The average Bonchev–Trinajstić information content (AvgIpc) is 3.03. The van der Waals surface area contributed by atoms with Gasteiger partial charge in [0.05, 0.1) is 11.3 Å². The minimum atomic E-state index is -0.243. The quantitative estimate of drug-likeness (QED) is 0.571. The number of rotatable bonds is 5. The van der Waals surface area contributed by atoms with Crippen molar-refractivity contribution >= 4 is 23.4 Å². The molecule has 1 aliphatic heterocycles. The minimum absolute atomic E-state index is 0.0112. The maximum atomic E-state index is 13.2. The van der Waals surface area contributed by atoms with E-state index in [0.717, 1.165) is 30.1 Å². The molecule has 2 aromatic heterocycles. The number of aromatic nitrogens is 2. The van der Waals surface area contributed by atoms with Crippen LogP contribution in [0.4, 0.5) is 10.1 Å². The molecule has 0 saturated carbocycles. The van der Waals surface area contributed by atoms with E-state index in [2.05, 4.69) is 15.0 Å². The Morgan fingerprint density at radius 3 is 2.77 bits per heavy atom. The molecular formula is C22H23FN4O2S. The molecule has 1 fully saturated rings. The summed E-state index contributed by atoms with van der Waals surface area (Å²) >= 11 is 1.48. The Hall–Kier alpha value is -2.87. The summed E-state index contributed by atoms with van der Waals surface area (Å²) in [6.07, 6.45) is 2.55. The lowest BCUT2D eigenvalue weighted by Gasteiger charge is -2.24. The normalized spacial score (nSPS) is 14.6. The predicted molar refractivity (Wildman–Crippen MR) is 114 cm³/mol. The molecule has 1 amide bonds. The van der Waals surface area contributed by atoms with Crippen LogP contribution in [-0.4, -0.2) is 47.1 Å². The molecule has 1 aliphatic rings. The Bertz CT molecular complexity index is 1010. The molecule has 1 aromatic carbocycles. The lowest BCUT2D eigenvalue weighted by atomic mass is 10.2. The van der Waals surface area contributed by atoms with E-state index in [4.69, 9.17) is 4.52 Å². The number of amides is 1. The average molecular weight is 427 g/mol. The van der Waals surface area contributed by atoms with Gasteiger partial charge in [0.1, 0.15) is 16.6 Å². The monoisotopic (exact) mass is 426 g/mol. The first-order valence-electron chi connectivity index (χ1n) is 9.90. The third-order valence-electron chi connectivity index (χ3n) is 5.01. The number of benzene rings is 1. The van der Waals surface area contributed by atoms with Gasteiger partial charge in [0.15, 0.2) is 0 Å².